The third kappa shape index (κ3) is 4.56. The number of thiophene rings is 1. The highest BCUT2D eigenvalue weighted by molar-refractivity contribution is 7.91. The number of hydrogen-bond donors (Lipinski definition) is 1. The summed E-state index contributed by atoms with van der Waals surface area (Å²) in [5.41, 5.74) is 0.482. The average molecular weight is 325 g/mol. The van der Waals surface area contributed by atoms with Gasteiger partial charge in [-0.3, -0.25) is 0 Å². The van der Waals surface area contributed by atoms with Gasteiger partial charge >= 0.3 is 0 Å². The minimum Gasteiger partial charge on any atom is -0.488 e. The van der Waals surface area contributed by atoms with Gasteiger partial charge in [0, 0.05) is 12.1 Å². The van der Waals surface area contributed by atoms with E-state index in [1.807, 2.05) is 45.0 Å². The summed E-state index contributed by atoms with van der Waals surface area (Å²) in [6.07, 6.45) is 0. The molecule has 1 heterocycles. The molecule has 0 aliphatic heterocycles. The van der Waals surface area contributed by atoms with Crippen molar-refractivity contribution in [3.63, 3.8) is 0 Å². The molecule has 2 rings (SSSR count). The molecule has 0 radical (unpaired) electrons. The molecule has 0 spiro atoms. The van der Waals surface area contributed by atoms with Gasteiger partial charge in [-0.2, -0.15) is 0 Å². The van der Waals surface area contributed by atoms with Crippen LogP contribution >= 0.6 is 11.3 Å². The SMILES string of the molecule is CC(C)(C)Oc1ccccc1CNS(=O)(=O)c1cccs1. The number of sulfonamides is 1. The molecule has 0 fully saturated rings. The van der Waals surface area contributed by atoms with E-state index in [9.17, 15) is 8.42 Å². The molecule has 1 aromatic heterocycles. The van der Waals surface area contributed by atoms with Crippen LogP contribution in [0.5, 0.6) is 5.75 Å². The number of hydrogen-bond acceptors (Lipinski definition) is 4. The maximum atomic E-state index is 12.1. The maximum Gasteiger partial charge on any atom is 0.250 e. The molecule has 0 amide bonds. The molecule has 2 aromatic rings. The van der Waals surface area contributed by atoms with Gasteiger partial charge < -0.3 is 4.74 Å². The van der Waals surface area contributed by atoms with Gasteiger partial charge in [0.15, 0.2) is 0 Å². The first-order chi connectivity index (χ1) is 9.78. The van der Waals surface area contributed by atoms with E-state index in [-0.39, 0.29) is 12.1 Å². The van der Waals surface area contributed by atoms with Gasteiger partial charge in [0.1, 0.15) is 15.6 Å². The lowest BCUT2D eigenvalue weighted by Gasteiger charge is -2.23. The van der Waals surface area contributed by atoms with Gasteiger partial charge in [-0.15, -0.1) is 11.3 Å². The predicted molar refractivity (Wildman–Crippen MR) is 85.2 cm³/mol. The summed E-state index contributed by atoms with van der Waals surface area (Å²) in [7, 11) is -3.46. The second kappa shape index (κ2) is 6.17. The van der Waals surface area contributed by atoms with Gasteiger partial charge in [-0.05, 0) is 38.3 Å². The lowest BCUT2D eigenvalue weighted by atomic mass is 10.1. The highest BCUT2D eigenvalue weighted by Crippen LogP contribution is 2.24. The molecule has 0 atom stereocenters. The van der Waals surface area contributed by atoms with Crippen LogP contribution in [0.1, 0.15) is 26.3 Å². The van der Waals surface area contributed by atoms with E-state index in [4.69, 9.17) is 4.74 Å². The molecule has 6 heteroatoms. The molecule has 0 unspecified atom stereocenters. The molecule has 1 N–H and O–H groups in total. The van der Waals surface area contributed by atoms with Crippen molar-refractivity contribution in [2.24, 2.45) is 0 Å². The molecule has 114 valence electrons. The van der Waals surface area contributed by atoms with Gasteiger partial charge in [0.2, 0.25) is 10.0 Å². The summed E-state index contributed by atoms with van der Waals surface area (Å²) in [4.78, 5) is 0. The first kappa shape index (κ1) is 16.0. The van der Waals surface area contributed by atoms with Crippen LogP contribution in [0, 0.1) is 0 Å². The van der Waals surface area contributed by atoms with Crippen molar-refractivity contribution in [2.75, 3.05) is 0 Å². The Morgan fingerprint density at radius 3 is 2.48 bits per heavy atom. The van der Waals surface area contributed by atoms with Gasteiger partial charge in [0.25, 0.3) is 0 Å². The minimum absolute atomic E-state index is 0.201. The average Bonchev–Trinajstić information content (AvgIpc) is 2.90. The highest BCUT2D eigenvalue weighted by Gasteiger charge is 2.17. The number of rotatable bonds is 5. The summed E-state index contributed by atoms with van der Waals surface area (Å²) in [5.74, 6) is 0.693. The van der Waals surface area contributed by atoms with Crippen LogP contribution in [0.25, 0.3) is 0 Å². The summed E-state index contributed by atoms with van der Waals surface area (Å²) in [6, 6.07) is 10.8. The Morgan fingerprint density at radius 2 is 1.86 bits per heavy atom. The minimum atomic E-state index is -3.46. The van der Waals surface area contributed by atoms with Crippen LogP contribution in [-0.2, 0) is 16.6 Å². The summed E-state index contributed by atoms with van der Waals surface area (Å²) < 4.78 is 33.0. The van der Waals surface area contributed by atoms with Crippen LogP contribution in [0.4, 0.5) is 0 Å². The molecule has 0 aliphatic rings. The summed E-state index contributed by atoms with van der Waals surface area (Å²) in [5, 5.41) is 1.74. The fourth-order valence-electron chi connectivity index (χ4n) is 1.74. The molecule has 0 bridgehead atoms. The number of ether oxygens (including phenoxy) is 1. The van der Waals surface area contributed by atoms with Crippen molar-refractivity contribution >= 4 is 21.4 Å². The van der Waals surface area contributed by atoms with E-state index in [1.165, 1.54) is 11.3 Å². The third-order valence-electron chi connectivity index (χ3n) is 2.60. The zero-order valence-electron chi connectivity index (χ0n) is 12.3. The van der Waals surface area contributed by atoms with Crippen molar-refractivity contribution in [1.82, 2.24) is 4.72 Å². The molecular formula is C15H19NO3S2. The Balaban J connectivity index is 2.14. The van der Waals surface area contributed by atoms with Crippen LogP contribution < -0.4 is 9.46 Å². The Hall–Kier alpha value is -1.37. The number of benzene rings is 1. The van der Waals surface area contributed by atoms with Crippen LogP contribution in [0.2, 0.25) is 0 Å². The fraction of sp³-hybridized carbons (Fsp3) is 0.333. The molecule has 4 nitrogen and oxygen atoms in total. The Labute approximate surface area is 129 Å². The Kier molecular flexibility index (Phi) is 4.70. The van der Waals surface area contributed by atoms with Gasteiger partial charge in [0.05, 0.1) is 0 Å². The topological polar surface area (TPSA) is 55.4 Å². The summed E-state index contributed by atoms with van der Waals surface area (Å²) >= 11 is 1.20. The molecule has 21 heavy (non-hydrogen) atoms. The van der Waals surface area contributed by atoms with E-state index in [2.05, 4.69) is 4.72 Å². The van der Waals surface area contributed by atoms with Crippen LogP contribution in [-0.4, -0.2) is 14.0 Å². The van der Waals surface area contributed by atoms with Crippen molar-refractivity contribution in [2.45, 2.75) is 37.1 Å². The normalized spacial score (nSPS) is 12.3. The largest absolute Gasteiger partial charge is 0.488 e. The molecule has 0 saturated carbocycles. The second-order valence-corrected chi connectivity index (χ2v) is 8.52. The van der Waals surface area contributed by atoms with Gasteiger partial charge in [-0.25, -0.2) is 13.1 Å². The zero-order chi connectivity index (χ0) is 15.5. The van der Waals surface area contributed by atoms with E-state index >= 15 is 0 Å². The highest BCUT2D eigenvalue weighted by atomic mass is 32.2. The zero-order valence-corrected chi connectivity index (χ0v) is 13.9. The third-order valence-corrected chi connectivity index (χ3v) is 5.40. The quantitative estimate of drug-likeness (QED) is 0.916. The van der Waals surface area contributed by atoms with Gasteiger partial charge in [-0.1, -0.05) is 24.3 Å². The first-order valence-corrected chi connectivity index (χ1v) is 8.94. The van der Waals surface area contributed by atoms with E-state index < -0.39 is 10.0 Å². The van der Waals surface area contributed by atoms with Crippen molar-refractivity contribution < 1.29 is 13.2 Å². The lowest BCUT2D eigenvalue weighted by Crippen LogP contribution is -2.26. The summed E-state index contributed by atoms with van der Waals surface area (Å²) in [6.45, 7) is 6.07. The number of para-hydroxylation sites is 1. The maximum absolute atomic E-state index is 12.1. The van der Waals surface area contributed by atoms with E-state index in [0.717, 1.165) is 5.56 Å². The van der Waals surface area contributed by atoms with E-state index in [1.54, 1.807) is 17.5 Å². The molecule has 0 aliphatic carbocycles. The Morgan fingerprint density at radius 1 is 1.14 bits per heavy atom. The Bertz CT molecular complexity index is 686. The fourth-order valence-corrected chi connectivity index (χ4v) is 3.78. The first-order valence-electron chi connectivity index (χ1n) is 6.58. The van der Waals surface area contributed by atoms with Crippen LogP contribution in [0.15, 0.2) is 46.0 Å². The molecular weight excluding hydrogens is 306 g/mol. The smallest absolute Gasteiger partial charge is 0.250 e. The van der Waals surface area contributed by atoms with Crippen molar-refractivity contribution in [3.05, 3.63) is 47.3 Å². The van der Waals surface area contributed by atoms with E-state index in [0.29, 0.717) is 9.96 Å². The predicted octanol–water partition coefficient (Wildman–Crippen LogP) is 3.40. The molecule has 1 aromatic carbocycles. The monoisotopic (exact) mass is 325 g/mol. The second-order valence-electron chi connectivity index (χ2n) is 5.58. The molecule has 0 saturated heterocycles. The number of nitrogens with one attached hydrogen (secondary N) is 1. The van der Waals surface area contributed by atoms with Crippen LogP contribution in [0.3, 0.4) is 0 Å². The van der Waals surface area contributed by atoms with Crippen molar-refractivity contribution in [1.29, 1.82) is 0 Å². The standard InChI is InChI=1S/C15H19NO3S2/c1-15(2,3)19-13-8-5-4-7-12(13)11-16-21(17,18)14-9-6-10-20-14/h4-10,16H,11H2,1-3H3. The van der Waals surface area contributed by atoms with Crippen molar-refractivity contribution in [3.8, 4) is 5.75 Å². The lowest BCUT2D eigenvalue weighted by molar-refractivity contribution is 0.129.